The van der Waals surface area contributed by atoms with Gasteiger partial charge in [0, 0.05) is 12.1 Å². The first-order valence-corrected chi connectivity index (χ1v) is 10.2. The van der Waals surface area contributed by atoms with Crippen molar-refractivity contribution >= 4 is 17.6 Å². The van der Waals surface area contributed by atoms with Gasteiger partial charge in [0.15, 0.2) is 0 Å². The number of rotatable bonds is 10. The van der Waals surface area contributed by atoms with Crippen LogP contribution in [0.15, 0.2) is 48.5 Å². The molecule has 5 heteroatoms. The molecule has 156 valence electrons. The molecule has 0 saturated carbocycles. The first-order valence-electron chi connectivity index (χ1n) is 10.2. The standard InChI is InChI=1S/C24H31NO4/c1-5-24(3,4)19-12-14-21(15-13-19)29-16-8-11-22(26)25-20-10-7-9-18(17-20)23(27)28-6-2/h7,9-10,12-15,17H,5-6,8,11,16H2,1-4H3,(H,25,26). The molecular weight excluding hydrogens is 366 g/mol. The molecule has 0 aromatic heterocycles. The third-order valence-electron chi connectivity index (χ3n) is 4.99. The van der Waals surface area contributed by atoms with Crippen molar-refractivity contribution < 1.29 is 19.1 Å². The predicted octanol–water partition coefficient (Wildman–Crippen LogP) is 5.35. The van der Waals surface area contributed by atoms with Gasteiger partial charge in [-0.15, -0.1) is 0 Å². The molecule has 0 fully saturated rings. The fourth-order valence-electron chi connectivity index (χ4n) is 2.79. The Balaban J connectivity index is 1.76. The Labute approximate surface area is 173 Å². The summed E-state index contributed by atoms with van der Waals surface area (Å²) in [6.07, 6.45) is 2.02. The summed E-state index contributed by atoms with van der Waals surface area (Å²) in [7, 11) is 0. The van der Waals surface area contributed by atoms with Crippen LogP contribution in [0.1, 0.15) is 62.9 Å². The van der Waals surface area contributed by atoms with Crippen LogP contribution in [0.4, 0.5) is 5.69 Å². The van der Waals surface area contributed by atoms with E-state index < -0.39 is 5.97 Å². The predicted molar refractivity (Wildman–Crippen MR) is 116 cm³/mol. The van der Waals surface area contributed by atoms with Crippen LogP contribution in [0.3, 0.4) is 0 Å². The SMILES string of the molecule is CCOC(=O)c1cccc(NC(=O)CCCOc2ccc(C(C)(C)CC)cc2)c1. The summed E-state index contributed by atoms with van der Waals surface area (Å²) < 4.78 is 10.7. The van der Waals surface area contributed by atoms with Crippen molar-refractivity contribution in [1.29, 1.82) is 0 Å². The van der Waals surface area contributed by atoms with E-state index in [9.17, 15) is 9.59 Å². The third-order valence-corrected chi connectivity index (χ3v) is 4.99. The molecular formula is C24H31NO4. The number of nitrogens with one attached hydrogen (secondary N) is 1. The van der Waals surface area contributed by atoms with Gasteiger partial charge in [-0.25, -0.2) is 4.79 Å². The number of ether oxygens (including phenoxy) is 2. The Hall–Kier alpha value is -2.82. The zero-order valence-corrected chi connectivity index (χ0v) is 17.8. The highest BCUT2D eigenvalue weighted by molar-refractivity contribution is 5.94. The molecule has 2 aromatic carbocycles. The lowest BCUT2D eigenvalue weighted by Crippen LogP contribution is -2.15. The van der Waals surface area contributed by atoms with E-state index in [1.807, 2.05) is 12.1 Å². The highest BCUT2D eigenvalue weighted by Gasteiger charge is 2.17. The van der Waals surface area contributed by atoms with Gasteiger partial charge in [0.05, 0.1) is 18.8 Å². The lowest BCUT2D eigenvalue weighted by atomic mass is 9.82. The van der Waals surface area contributed by atoms with Crippen molar-refractivity contribution in [3.63, 3.8) is 0 Å². The van der Waals surface area contributed by atoms with Gasteiger partial charge in [-0.3, -0.25) is 4.79 Å². The van der Waals surface area contributed by atoms with Gasteiger partial charge >= 0.3 is 5.97 Å². The maximum atomic E-state index is 12.1. The summed E-state index contributed by atoms with van der Waals surface area (Å²) in [5, 5.41) is 2.81. The number of benzene rings is 2. The molecule has 0 atom stereocenters. The number of amides is 1. The van der Waals surface area contributed by atoms with E-state index in [4.69, 9.17) is 9.47 Å². The molecule has 1 N–H and O–H groups in total. The highest BCUT2D eigenvalue weighted by atomic mass is 16.5. The van der Waals surface area contributed by atoms with Crippen molar-refractivity contribution in [3.05, 3.63) is 59.7 Å². The Morgan fingerprint density at radius 1 is 1.03 bits per heavy atom. The topological polar surface area (TPSA) is 64.6 Å². The first kappa shape index (κ1) is 22.5. The van der Waals surface area contributed by atoms with Gasteiger partial charge < -0.3 is 14.8 Å². The van der Waals surface area contributed by atoms with E-state index in [0.717, 1.165) is 12.2 Å². The van der Waals surface area contributed by atoms with Gasteiger partial charge in [-0.05, 0) is 61.1 Å². The van der Waals surface area contributed by atoms with E-state index in [-0.39, 0.29) is 11.3 Å². The molecule has 0 aliphatic rings. The second-order valence-corrected chi connectivity index (χ2v) is 7.56. The average molecular weight is 398 g/mol. The number of carbonyl (C=O) groups excluding carboxylic acids is 2. The molecule has 0 spiro atoms. The summed E-state index contributed by atoms with van der Waals surface area (Å²) in [6.45, 7) is 9.17. The van der Waals surface area contributed by atoms with Crippen LogP contribution >= 0.6 is 0 Å². The Bertz CT molecular complexity index is 812. The van der Waals surface area contributed by atoms with Crippen molar-refractivity contribution in [2.45, 2.75) is 52.4 Å². The van der Waals surface area contributed by atoms with Crippen LogP contribution in [0.25, 0.3) is 0 Å². The lowest BCUT2D eigenvalue weighted by molar-refractivity contribution is -0.116. The largest absolute Gasteiger partial charge is 0.494 e. The monoisotopic (exact) mass is 397 g/mol. The summed E-state index contributed by atoms with van der Waals surface area (Å²) in [6, 6.07) is 14.9. The molecule has 0 unspecified atom stereocenters. The van der Waals surface area contributed by atoms with Gasteiger partial charge in [0.25, 0.3) is 0 Å². The minimum atomic E-state index is -0.398. The Morgan fingerprint density at radius 3 is 2.41 bits per heavy atom. The summed E-state index contributed by atoms with van der Waals surface area (Å²) >= 11 is 0. The van der Waals surface area contributed by atoms with Crippen molar-refractivity contribution in [3.8, 4) is 5.75 Å². The lowest BCUT2D eigenvalue weighted by Gasteiger charge is -2.23. The van der Waals surface area contributed by atoms with Gasteiger partial charge in [0.2, 0.25) is 5.91 Å². The van der Waals surface area contributed by atoms with Crippen molar-refractivity contribution in [2.24, 2.45) is 0 Å². The number of hydrogen-bond donors (Lipinski definition) is 1. The molecule has 29 heavy (non-hydrogen) atoms. The zero-order chi connectivity index (χ0) is 21.3. The fraction of sp³-hybridized carbons (Fsp3) is 0.417. The number of esters is 1. The van der Waals surface area contributed by atoms with E-state index in [0.29, 0.717) is 37.3 Å². The molecule has 2 rings (SSSR count). The minimum absolute atomic E-state index is 0.116. The molecule has 0 radical (unpaired) electrons. The van der Waals surface area contributed by atoms with Gasteiger partial charge in [0.1, 0.15) is 5.75 Å². The van der Waals surface area contributed by atoms with Crippen molar-refractivity contribution in [2.75, 3.05) is 18.5 Å². The van der Waals surface area contributed by atoms with Crippen LogP contribution in [0.5, 0.6) is 5.75 Å². The summed E-state index contributed by atoms with van der Waals surface area (Å²) in [5.74, 6) is 0.295. The van der Waals surface area contributed by atoms with Crippen LogP contribution in [0.2, 0.25) is 0 Å². The summed E-state index contributed by atoms with van der Waals surface area (Å²) in [4.78, 5) is 23.9. The molecule has 5 nitrogen and oxygen atoms in total. The van der Waals surface area contributed by atoms with E-state index in [1.54, 1.807) is 31.2 Å². The van der Waals surface area contributed by atoms with E-state index in [2.05, 4.69) is 38.2 Å². The maximum absolute atomic E-state index is 12.1. The number of carbonyl (C=O) groups is 2. The molecule has 0 bridgehead atoms. The van der Waals surface area contributed by atoms with E-state index in [1.165, 1.54) is 5.56 Å². The number of hydrogen-bond acceptors (Lipinski definition) is 4. The Morgan fingerprint density at radius 2 is 1.76 bits per heavy atom. The molecule has 0 aliphatic heterocycles. The zero-order valence-electron chi connectivity index (χ0n) is 17.8. The van der Waals surface area contributed by atoms with Crippen LogP contribution in [-0.2, 0) is 14.9 Å². The fourth-order valence-corrected chi connectivity index (χ4v) is 2.79. The van der Waals surface area contributed by atoms with Crippen molar-refractivity contribution in [1.82, 2.24) is 0 Å². The molecule has 0 saturated heterocycles. The second-order valence-electron chi connectivity index (χ2n) is 7.56. The number of anilines is 1. The normalized spacial score (nSPS) is 11.0. The van der Waals surface area contributed by atoms with Crippen LogP contribution in [-0.4, -0.2) is 25.1 Å². The quantitative estimate of drug-likeness (QED) is 0.434. The minimum Gasteiger partial charge on any atom is -0.494 e. The molecule has 2 aromatic rings. The smallest absolute Gasteiger partial charge is 0.338 e. The first-order chi connectivity index (χ1) is 13.9. The van der Waals surface area contributed by atoms with Gasteiger partial charge in [-0.1, -0.05) is 39.0 Å². The average Bonchev–Trinajstić information content (AvgIpc) is 2.72. The van der Waals surface area contributed by atoms with E-state index >= 15 is 0 Å². The van der Waals surface area contributed by atoms with Crippen LogP contribution in [0, 0.1) is 0 Å². The molecule has 0 aliphatic carbocycles. The van der Waals surface area contributed by atoms with Gasteiger partial charge in [-0.2, -0.15) is 0 Å². The summed E-state index contributed by atoms with van der Waals surface area (Å²) in [5.41, 5.74) is 2.44. The third kappa shape index (κ3) is 6.93. The molecule has 1 amide bonds. The Kier molecular flexibility index (Phi) is 8.25. The maximum Gasteiger partial charge on any atom is 0.338 e. The van der Waals surface area contributed by atoms with Crippen LogP contribution < -0.4 is 10.1 Å². The second kappa shape index (κ2) is 10.6. The highest BCUT2D eigenvalue weighted by Crippen LogP contribution is 2.28. The molecule has 0 heterocycles.